The Morgan fingerprint density at radius 1 is 1.21 bits per heavy atom. The SMILES string of the molecule is CCOCN(C(=O)c1cc(C(C=Nc2c(OC(F)F)c(C(F)(C(F)(F)F)C(F)(F)F)nn2C)=CN)ccc1Cl)C1CC1. The minimum Gasteiger partial charge on any atom is -0.429 e. The van der Waals surface area contributed by atoms with Crippen molar-refractivity contribution >= 4 is 35.1 Å². The van der Waals surface area contributed by atoms with Crippen LogP contribution in [0.3, 0.4) is 0 Å². The molecule has 0 radical (unpaired) electrons. The van der Waals surface area contributed by atoms with Crippen molar-refractivity contribution in [1.82, 2.24) is 14.7 Å². The smallest absolute Gasteiger partial charge is 0.429 e. The Morgan fingerprint density at radius 2 is 1.83 bits per heavy atom. The van der Waals surface area contributed by atoms with E-state index in [4.69, 9.17) is 22.1 Å². The molecule has 1 amide bonds. The lowest BCUT2D eigenvalue weighted by molar-refractivity contribution is -0.350. The summed E-state index contributed by atoms with van der Waals surface area (Å²) >= 11 is 6.23. The molecule has 1 aromatic carbocycles. The van der Waals surface area contributed by atoms with Crippen LogP contribution in [0.5, 0.6) is 5.75 Å². The Kier molecular flexibility index (Phi) is 9.76. The van der Waals surface area contributed by atoms with Crippen LogP contribution < -0.4 is 10.5 Å². The summed E-state index contributed by atoms with van der Waals surface area (Å²) in [7, 11) is 0.734. The van der Waals surface area contributed by atoms with Crippen molar-refractivity contribution in [2.45, 2.75) is 50.4 Å². The van der Waals surface area contributed by atoms with Gasteiger partial charge >= 0.3 is 24.6 Å². The normalized spacial score (nSPS) is 15.1. The number of benzene rings is 1. The van der Waals surface area contributed by atoms with Crippen molar-refractivity contribution in [2.75, 3.05) is 13.3 Å². The van der Waals surface area contributed by atoms with Gasteiger partial charge in [-0.05, 0) is 37.5 Å². The number of rotatable bonds is 11. The molecule has 2 aromatic rings. The van der Waals surface area contributed by atoms with E-state index in [9.17, 15) is 44.3 Å². The van der Waals surface area contributed by atoms with E-state index >= 15 is 0 Å². The first-order chi connectivity index (χ1) is 19.5. The molecule has 1 aromatic heterocycles. The average molecular weight is 636 g/mol. The van der Waals surface area contributed by atoms with Crippen molar-refractivity contribution in [3.63, 3.8) is 0 Å². The van der Waals surface area contributed by atoms with E-state index in [0.29, 0.717) is 6.61 Å². The van der Waals surface area contributed by atoms with Crippen LogP contribution in [0.2, 0.25) is 5.02 Å². The number of allylic oxidation sites excluding steroid dienone is 1. The highest BCUT2D eigenvalue weighted by Crippen LogP contribution is 2.56. The lowest BCUT2D eigenvalue weighted by atomic mass is 9.99. The van der Waals surface area contributed by atoms with Crippen LogP contribution in [-0.2, 0) is 17.5 Å². The fourth-order valence-electron chi connectivity index (χ4n) is 3.76. The van der Waals surface area contributed by atoms with Crippen LogP contribution in [0.4, 0.5) is 45.3 Å². The Bertz CT molecular complexity index is 1340. The number of aliphatic imine (C=N–C) groups is 1. The number of carbonyl (C=O) groups excluding carboxylic acids is 1. The fraction of sp³-hybridized carbons (Fsp3) is 0.458. The van der Waals surface area contributed by atoms with Gasteiger partial charge in [-0.2, -0.15) is 40.2 Å². The summed E-state index contributed by atoms with van der Waals surface area (Å²) in [5.74, 6) is -3.52. The zero-order valence-corrected chi connectivity index (χ0v) is 22.5. The summed E-state index contributed by atoms with van der Waals surface area (Å²) in [5, 5.41) is 2.90. The predicted molar refractivity (Wildman–Crippen MR) is 132 cm³/mol. The van der Waals surface area contributed by atoms with Crippen LogP contribution in [-0.4, -0.2) is 65.1 Å². The molecule has 18 heteroatoms. The van der Waals surface area contributed by atoms with Gasteiger partial charge in [-0.25, -0.2) is 14.1 Å². The maximum atomic E-state index is 14.7. The standard InChI is InChI=1S/C24H23ClF9N5O3/c1-3-41-11-39(14-5-6-14)20(40)15-8-12(4-7-16(15)25)13(9-35)10-36-19-17(42-21(26)27)18(37-38(19)2)22(28,23(29,30)31)24(32,33)34/h4,7-10,14,21H,3,5-6,11,35H2,1-2H3. The molecule has 3 rings (SSSR count). The first-order valence-electron chi connectivity index (χ1n) is 12.0. The van der Waals surface area contributed by atoms with Crippen molar-refractivity contribution in [2.24, 2.45) is 17.8 Å². The van der Waals surface area contributed by atoms with Crippen LogP contribution in [0.25, 0.3) is 5.57 Å². The van der Waals surface area contributed by atoms with Gasteiger partial charge in [0.25, 0.3) is 5.91 Å². The minimum absolute atomic E-state index is 0.00984. The molecular formula is C24H23ClF9N5O3. The molecule has 232 valence electrons. The highest BCUT2D eigenvalue weighted by molar-refractivity contribution is 6.34. The van der Waals surface area contributed by atoms with Gasteiger partial charge in [0.15, 0.2) is 17.3 Å². The summed E-state index contributed by atoms with van der Waals surface area (Å²) in [6.45, 7) is -1.91. The third-order valence-electron chi connectivity index (χ3n) is 6.01. The highest BCUT2D eigenvalue weighted by Gasteiger charge is 2.76. The van der Waals surface area contributed by atoms with E-state index in [-0.39, 0.29) is 39.2 Å². The molecule has 8 nitrogen and oxygen atoms in total. The molecule has 0 spiro atoms. The van der Waals surface area contributed by atoms with E-state index in [1.165, 1.54) is 23.1 Å². The Hall–Kier alpha value is -3.47. The van der Waals surface area contributed by atoms with Crippen LogP contribution in [0.15, 0.2) is 29.4 Å². The largest absolute Gasteiger partial charge is 0.437 e. The number of hydrogen-bond acceptors (Lipinski definition) is 6. The number of nitrogens with zero attached hydrogens (tertiary/aromatic N) is 4. The predicted octanol–water partition coefficient (Wildman–Crippen LogP) is 6.27. The second-order valence-electron chi connectivity index (χ2n) is 8.86. The van der Waals surface area contributed by atoms with Crippen molar-refractivity contribution in [3.05, 3.63) is 46.2 Å². The van der Waals surface area contributed by atoms with Gasteiger partial charge < -0.3 is 20.1 Å². The number of amides is 1. The van der Waals surface area contributed by atoms with Crippen LogP contribution in [0.1, 0.15) is 41.4 Å². The summed E-state index contributed by atoms with van der Waals surface area (Å²) in [6, 6.07) is 3.91. The van der Waals surface area contributed by atoms with Gasteiger partial charge in [0.1, 0.15) is 6.73 Å². The van der Waals surface area contributed by atoms with Gasteiger partial charge in [-0.15, -0.1) is 0 Å². The second kappa shape index (κ2) is 12.4. The molecule has 1 saturated carbocycles. The molecule has 1 heterocycles. The summed E-state index contributed by atoms with van der Waals surface area (Å²) in [5.41, 5.74) is -3.01. The molecule has 1 aliphatic carbocycles. The monoisotopic (exact) mass is 635 g/mol. The highest BCUT2D eigenvalue weighted by atomic mass is 35.5. The zero-order valence-electron chi connectivity index (χ0n) is 21.7. The first-order valence-corrected chi connectivity index (χ1v) is 12.3. The number of ether oxygens (including phenoxy) is 2. The van der Waals surface area contributed by atoms with Crippen molar-refractivity contribution in [3.8, 4) is 5.75 Å². The molecule has 0 atom stereocenters. The molecular weight excluding hydrogens is 613 g/mol. The number of aryl methyl sites for hydroxylation is 1. The zero-order chi connectivity index (χ0) is 31.6. The van der Waals surface area contributed by atoms with E-state index in [1.807, 2.05) is 0 Å². The van der Waals surface area contributed by atoms with E-state index in [0.717, 1.165) is 32.3 Å². The van der Waals surface area contributed by atoms with Crippen LogP contribution in [0, 0.1) is 0 Å². The van der Waals surface area contributed by atoms with Gasteiger partial charge in [-0.1, -0.05) is 17.7 Å². The molecule has 0 aliphatic heterocycles. The third-order valence-corrected chi connectivity index (χ3v) is 6.34. The summed E-state index contributed by atoms with van der Waals surface area (Å²) < 4.78 is 130. The Morgan fingerprint density at radius 3 is 2.33 bits per heavy atom. The molecule has 0 saturated heterocycles. The Labute approximate surface area is 237 Å². The average Bonchev–Trinajstić information content (AvgIpc) is 3.68. The third kappa shape index (κ3) is 6.61. The van der Waals surface area contributed by atoms with Gasteiger partial charge in [0.2, 0.25) is 0 Å². The maximum absolute atomic E-state index is 14.7. The topological polar surface area (TPSA) is 95.0 Å². The Balaban J connectivity index is 2.06. The van der Waals surface area contributed by atoms with Crippen LogP contribution >= 0.6 is 11.6 Å². The maximum Gasteiger partial charge on any atom is 0.437 e. The summed E-state index contributed by atoms with van der Waals surface area (Å²) in [4.78, 5) is 18.3. The minimum atomic E-state index is -6.66. The molecule has 0 bridgehead atoms. The van der Waals surface area contributed by atoms with Gasteiger partial charge in [-0.3, -0.25) is 4.79 Å². The number of nitrogens with two attached hydrogens (primary N) is 1. The lowest BCUT2D eigenvalue weighted by Gasteiger charge is -2.28. The van der Waals surface area contributed by atoms with Gasteiger partial charge in [0.05, 0.1) is 10.6 Å². The molecule has 1 fully saturated rings. The number of aromatic nitrogens is 2. The number of hydrogen-bond donors (Lipinski definition) is 1. The number of carbonyl (C=O) groups is 1. The molecule has 42 heavy (non-hydrogen) atoms. The van der Waals surface area contributed by atoms with E-state index < -0.39 is 47.8 Å². The fourth-order valence-corrected chi connectivity index (χ4v) is 3.96. The molecule has 2 N–H and O–H groups in total. The van der Waals surface area contributed by atoms with E-state index in [1.54, 1.807) is 6.92 Å². The molecule has 1 aliphatic rings. The lowest BCUT2D eigenvalue weighted by Crippen LogP contribution is -2.51. The van der Waals surface area contributed by atoms with Crippen molar-refractivity contribution < 1.29 is 53.8 Å². The number of halogens is 10. The van der Waals surface area contributed by atoms with Crippen molar-refractivity contribution in [1.29, 1.82) is 0 Å². The molecule has 0 unspecified atom stereocenters. The van der Waals surface area contributed by atoms with Gasteiger partial charge in [0, 0.05) is 37.7 Å². The van der Waals surface area contributed by atoms with E-state index in [2.05, 4.69) is 14.8 Å². The second-order valence-corrected chi connectivity index (χ2v) is 9.27. The first kappa shape index (κ1) is 33.0. The summed E-state index contributed by atoms with van der Waals surface area (Å²) in [6.07, 6.45) is -10.2. The quantitative estimate of drug-likeness (QED) is 0.179. The number of alkyl halides is 9.